The summed E-state index contributed by atoms with van der Waals surface area (Å²) in [6.07, 6.45) is 7.98. The zero-order chi connectivity index (χ0) is 23.9. The summed E-state index contributed by atoms with van der Waals surface area (Å²) in [5, 5.41) is 5.70. The van der Waals surface area contributed by atoms with E-state index in [1.165, 1.54) is 23.5 Å². The van der Waals surface area contributed by atoms with Crippen molar-refractivity contribution in [3.05, 3.63) is 78.1 Å². The van der Waals surface area contributed by atoms with Crippen LogP contribution in [0, 0.1) is 6.92 Å². The average Bonchev–Trinajstić information content (AvgIpc) is 3.56. The van der Waals surface area contributed by atoms with Crippen LogP contribution in [-0.4, -0.2) is 30.3 Å². The first-order chi connectivity index (χ1) is 16.5. The SMILES string of the molecule is Cc1cccc(N(C(=O)CNC(=O)c2ccco2)C(C(=O)NC2CCCCC2)c2ccco2)c1. The molecule has 1 aliphatic carbocycles. The van der Waals surface area contributed by atoms with Crippen molar-refractivity contribution in [3.8, 4) is 0 Å². The number of furan rings is 2. The minimum atomic E-state index is -1.02. The molecule has 1 unspecified atom stereocenters. The van der Waals surface area contributed by atoms with Gasteiger partial charge in [-0.1, -0.05) is 31.4 Å². The molecule has 1 aromatic carbocycles. The second kappa shape index (κ2) is 10.9. The maximum atomic E-state index is 13.6. The minimum absolute atomic E-state index is 0.0619. The van der Waals surface area contributed by atoms with Gasteiger partial charge < -0.3 is 19.5 Å². The Morgan fingerprint density at radius 3 is 2.44 bits per heavy atom. The van der Waals surface area contributed by atoms with Crippen LogP contribution in [0.5, 0.6) is 0 Å². The van der Waals surface area contributed by atoms with Gasteiger partial charge in [-0.3, -0.25) is 19.3 Å². The average molecular weight is 464 g/mol. The van der Waals surface area contributed by atoms with Gasteiger partial charge in [-0.2, -0.15) is 0 Å². The van der Waals surface area contributed by atoms with Gasteiger partial charge in [-0.25, -0.2) is 0 Å². The van der Waals surface area contributed by atoms with Gasteiger partial charge in [0.05, 0.1) is 19.1 Å². The Kier molecular flexibility index (Phi) is 7.47. The highest BCUT2D eigenvalue weighted by molar-refractivity contribution is 6.04. The van der Waals surface area contributed by atoms with Crippen LogP contribution in [0.1, 0.15) is 60.0 Å². The maximum Gasteiger partial charge on any atom is 0.287 e. The van der Waals surface area contributed by atoms with Crippen molar-refractivity contribution >= 4 is 23.4 Å². The van der Waals surface area contributed by atoms with E-state index in [1.807, 2.05) is 25.1 Å². The van der Waals surface area contributed by atoms with E-state index in [2.05, 4.69) is 10.6 Å². The van der Waals surface area contributed by atoms with Crippen molar-refractivity contribution in [1.29, 1.82) is 0 Å². The summed E-state index contributed by atoms with van der Waals surface area (Å²) >= 11 is 0. The second-order valence-corrected chi connectivity index (χ2v) is 8.52. The summed E-state index contributed by atoms with van der Waals surface area (Å²) in [6, 6.07) is 12.9. The summed E-state index contributed by atoms with van der Waals surface area (Å²) in [5.74, 6) is -0.823. The molecule has 1 atom stereocenters. The van der Waals surface area contributed by atoms with Crippen LogP contribution in [0.15, 0.2) is 69.9 Å². The summed E-state index contributed by atoms with van der Waals surface area (Å²) in [4.78, 5) is 40.8. The van der Waals surface area contributed by atoms with E-state index in [0.29, 0.717) is 11.4 Å². The minimum Gasteiger partial charge on any atom is -0.467 e. The van der Waals surface area contributed by atoms with E-state index in [1.54, 1.807) is 24.3 Å². The molecule has 8 nitrogen and oxygen atoms in total. The molecule has 0 saturated heterocycles. The predicted octanol–water partition coefficient (Wildman–Crippen LogP) is 4.13. The zero-order valence-electron chi connectivity index (χ0n) is 19.2. The molecule has 1 fully saturated rings. The molecule has 3 aromatic rings. The lowest BCUT2D eigenvalue weighted by molar-refractivity contribution is -0.127. The molecule has 34 heavy (non-hydrogen) atoms. The Hall–Kier alpha value is -3.81. The molecular weight excluding hydrogens is 434 g/mol. The normalized spacial score (nSPS) is 14.9. The molecule has 2 heterocycles. The molecule has 178 valence electrons. The van der Waals surface area contributed by atoms with Crippen molar-refractivity contribution in [3.63, 3.8) is 0 Å². The Bertz CT molecular complexity index is 1100. The van der Waals surface area contributed by atoms with Crippen molar-refractivity contribution in [1.82, 2.24) is 10.6 Å². The number of carbonyl (C=O) groups is 3. The topological polar surface area (TPSA) is 105 Å². The summed E-state index contributed by atoms with van der Waals surface area (Å²) in [6.45, 7) is 1.59. The first kappa shape index (κ1) is 23.4. The largest absolute Gasteiger partial charge is 0.467 e. The molecule has 2 N–H and O–H groups in total. The standard InChI is InChI=1S/C26H29N3O5/c1-18-8-5-11-20(16-18)29(23(30)17-27-25(31)22-13-7-15-34-22)24(21-12-6-14-33-21)26(32)28-19-9-3-2-4-10-19/h5-8,11-16,19,24H,2-4,9-10,17H2,1H3,(H,27,31)(H,28,32). The zero-order valence-corrected chi connectivity index (χ0v) is 19.2. The van der Waals surface area contributed by atoms with E-state index in [-0.39, 0.29) is 24.3 Å². The van der Waals surface area contributed by atoms with Crippen LogP contribution in [-0.2, 0) is 9.59 Å². The highest BCUT2D eigenvalue weighted by atomic mass is 16.3. The maximum absolute atomic E-state index is 13.6. The third kappa shape index (κ3) is 5.57. The lowest BCUT2D eigenvalue weighted by Gasteiger charge is -2.32. The Balaban J connectivity index is 1.63. The van der Waals surface area contributed by atoms with Gasteiger partial charge >= 0.3 is 0 Å². The lowest BCUT2D eigenvalue weighted by Crippen LogP contribution is -2.49. The molecule has 0 radical (unpaired) electrons. The van der Waals surface area contributed by atoms with E-state index >= 15 is 0 Å². The number of anilines is 1. The predicted molar refractivity (Wildman–Crippen MR) is 126 cm³/mol. The number of nitrogens with one attached hydrogen (secondary N) is 2. The molecule has 0 spiro atoms. The van der Waals surface area contributed by atoms with E-state index in [9.17, 15) is 14.4 Å². The molecular formula is C26H29N3O5. The van der Waals surface area contributed by atoms with Crippen LogP contribution < -0.4 is 15.5 Å². The summed E-state index contributed by atoms with van der Waals surface area (Å²) in [7, 11) is 0. The van der Waals surface area contributed by atoms with Crippen LogP contribution in [0.3, 0.4) is 0 Å². The number of rotatable bonds is 8. The lowest BCUT2D eigenvalue weighted by atomic mass is 9.95. The highest BCUT2D eigenvalue weighted by Gasteiger charge is 2.36. The molecule has 0 aliphatic heterocycles. The van der Waals surface area contributed by atoms with Crippen LogP contribution in [0.25, 0.3) is 0 Å². The van der Waals surface area contributed by atoms with E-state index < -0.39 is 17.9 Å². The second-order valence-electron chi connectivity index (χ2n) is 8.52. The number of hydrogen-bond donors (Lipinski definition) is 2. The molecule has 1 saturated carbocycles. The van der Waals surface area contributed by atoms with Crippen LogP contribution in [0.2, 0.25) is 0 Å². The van der Waals surface area contributed by atoms with Crippen molar-refractivity contribution in [2.45, 2.75) is 51.1 Å². The van der Waals surface area contributed by atoms with Gasteiger partial charge in [0.2, 0.25) is 5.91 Å². The van der Waals surface area contributed by atoms with Gasteiger partial charge in [0, 0.05) is 11.7 Å². The number of hydrogen-bond acceptors (Lipinski definition) is 5. The van der Waals surface area contributed by atoms with Gasteiger partial charge in [0.15, 0.2) is 11.8 Å². The first-order valence-electron chi connectivity index (χ1n) is 11.6. The third-order valence-corrected chi connectivity index (χ3v) is 5.96. The van der Waals surface area contributed by atoms with Gasteiger partial charge in [0.1, 0.15) is 5.76 Å². The molecule has 8 heteroatoms. The number of aryl methyl sites for hydroxylation is 1. The monoisotopic (exact) mass is 463 g/mol. The Labute approximate surface area is 198 Å². The molecule has 2 aromatic heterocycles. The first-order valence-corrected chi connectivity index (χ1v) is 11.6. The Morgan fingerprint density at radius 1 is 1.00 bits per heavy atom. The number of carbonyl (C=O) groups excluding carboxylic acids is 3. The van der Waals surface area contributed by atoms with E-state index in [0.717, 1.165) is 37.7 Å². The number of nitrogens with zero attached hydrogens (tertiary/aromatic N) is 1. The Morgan fingerprint density at radius 2 is 1.76 bits per heavy atom. The highest BCUT2D eigenvalue weighted by Crippen LogP contribution is 2.30. The molecule has 4 rings (SSSR count). The van der Waals surface area contributed by atoms with Crippen LogP contribution in [0.4, 0.5) is 5.69 Å². The van der Waals surface area contributed by atoms with E-state index in [4.69, 9.17) is 8.83 Å². The fourth-order valence-corrected chi connectivity index (χ4v) is 4.30. The van der Waals surface area contributed by atoms with Crippen molar-refractivity contribution in [2.75, 3.05) is 11.4 Å². The number of amides is 3. The van der Waals surface area contributed by atoms with Gasteiger partial charge in [-0.15, -0.1) is 0 Å². The fourth-order valence-electron chi connectivity index (χ4n) is 4.30. The summed E-state index contributed by atoms with van der Waals surface area (Å²) in [5.41, 5.74) is 1.47. The fraction of sp³-hybridized carbons (Fsp3) is 0.346. The molecule has 3 amide bonds. The van der Waals surface area contributed by atoms with Crippen molar-refractivity contribution in [2.24, 2.45) is 0 Å². The smallest absolute Gasteiger partial charge is 0.287 e. The molecule has 1 aliphatic rings. The van der Waals surface area contributed by atoms with Gasteiger partial charge in [-0.05, 0) is 61.7 Å². The van der Waals surface area contributed by atoms with Gasteiger partial charge in [0.25, 0.3) is 11.8 Å². The number of benzene rings is 1. The quantitative estimate of drug-likeness (QED) is 0.523. The summed E-state index contributed by atoms with van der Waals surface area (Å²) < 4.78 is 10.7. The van der Waals surface area contributed by atoms with Crippen LogP contribution >= 0.6 is 0 Å². The third-order valence-electron chi connectivity index (χ3n) is 5.96. The molecule has 0 bridgehead atoms. The van der Waals surface area contributed by atoms with Crippen molar-refractivity contribution < 1.29 is 23.2 Å².